The average Bonchev–Trinajstić information content (AvgIpc) is 2.84. The molecule has 2 heterocycles. The third kappa shape index (κ3) is 2.13. The zero-order valence-corrected chi connectivity index (χ0v) is 11.0. The number of imidazole rings is 1. The zero-order chi connectivity index (χ0) is 13.2. The van der Waals surface area contributed by atoms with Crippen LogP contribution in [0.4, 0.5) is 0 Å². The molecule has 0 saturated carbocycles. The Bertz CT molecular complexity index is 696. The molecule has 3 aromatic rings. The van der Waals surface area contributed by atoms with Crippen molar-refractivity contribution in [2.45, 2.75) is 13.3 Å². The van der Waals surface area contributed by atoms with Crippen molar-refractivity contribution in [2.75, 3.05) is 6.54 Å². The molecule has 0 aliphatic carbocycles. The SMILES string of the molecule is Cc1ccc(-c2cccn3c(CCN)ncc23)cc1. The summed E-state index contributed by atoms with van der Waals surface area (Å²) < 4.78 is 2.13. The molecule has 0 atom stereocenters. The smallest absolute Gasteiger partial charge is 0.114 e. The molecule has 0 spiro atoms. The first-order valence-electron chi connectivity index (χ1n) is 6.51. The van der Waals surface area contributed by atoms with Gasteiger partial charge in [-0.25, -0.2) is 4.98 Å². The highest BCUT2D eigenvalue weighted by Gasteiger charge is 2.07. The van der Waals surface area contributed by atoms with Gasteiger partial charge >= 0.3 is 0 Å². The normalized spacial score (nSPS) is 11.1. The van der Waals surface area contributed by atoms with Crippen LogP contribution in [0.2, 0.25) is 0 Å². The minimum atomic E-state index is 0.619. The minimum Gasteiger partial charge on any atom is -0.330 e. The summed E-state index contributed by atoms with van der Waals surface area (Å²) in [5, 5.41) is 0. The summed E-state index contributed by atoms with van der Waals surface area (Å²) in [6.45, 7) is 2.72. The van der Waals surface area contributed by atoms with Gasteiger partial charge in [0.1, 0.15) is 5.82 Å². The lowest BCUT2D eigenvalue weighted by Crippen LogP contribution is -2.06. The van der Waals surface area contributed by atoms with E-state index in [2.05, 4.69) is 52.7 Å². The Labute approximate surface area is 112 Å². The molecule has 1 aromatic carbocycles. The van der Waals surface area contributed by atoms with E-state index in [4.69, 9.17) is 5.73 Å². The van der Waals surface area contributed by atoms with Crippen LogP contribution in [0.1, 0.15) is 11.4 Å². The molecule has 0 aliphatic rings. The average molecular weight is 251 g/mol. The molecular weight excluding hydrogens is 234 g/mol. The molecule has 0 saturated heterocycles. The highest BCUT2D eigenvalue weighted by atomic mass is 15.0. The molecule has 0 radical (unpaired) electrons. The summed E-state index contributed by atoms with van der Waals surface area (Å²) in [6.07, 6.45) is 4.77. The highest BCUT2D eigenvalue weighted by Crippen LogP contribution is 2.25. The first kappa shape index (κ1) is 11.9. The third-order valence-corrected chi connectivity index (χ3v) is 3.38. The number of pyridine rings is 1. The van der Waals surface area contributed by atoms with Gasteiger partial charge in [-0.3, -0.25) is 0 Å². The van der Waals surface area contributed by atoms with E-state index in [1.54, 1.807) is 0 Å². The topological polar surface area (TPSA) is 43.3 Å². The van der Waals surface area contributed by atoms with Crippen molar-refractivity contribution in [3.8, 4) is 11.1 Å². The Morgan fingerprint density at radius 3 is 2.68 bits per heavy atom. The second-order valence-corrected chi connectivity index (χ2v) is 4.76. The summed E-state index contributed by atoms with van der Waals surface area (Å²) >= 11 is 0. The van der Waals surface area contributed by atoms with Crippen molar-refractivity contribution in [3.63, 3.8) is 0 Å². The maximum atomic E-state index is 5.62. The number of hydrogen-bond acceptors (Lipinski definition) is 2. The molecule has 0 bridgehead atoms. The number of rotatable bonds is 3. The third-order valence-electron chi connectivity index (χ3n) is 3.38. The Hall–Kier alpha value is -2.13. The van der Waals surface area contributed by atoms with Crippen LogP contribution < -0.4 is 5.73 Å². The maximum Gasteiger partial charge on any atom is 0.114 e. The van der Waals surface area contributed by atoms with Crippen LogP contribution in [0.5, 0.6) is 0 Å². The molecule has 3 nitrogen and oxygen atoms in total. The Morgan fingerprint density at radius 2 is 1.95 bits per heavy atom. The summed E-state index contributed by atoms with van der Waals surface area (Å²) in [7, 11) is 0. The lowest BCUT2D eigenvalue weighted by atomic mass is 10.0. The van der Waals surface area contributed by atoms with Crippen LogP contribution in [-0.2, 0) is 6.42 Å². The first-order valence-corrected chi connectivity index (χ1v) is 6.51. The summed E-state index contributed by atoms with van der Waals surface area (Å²) in [5.74, 6) is 1.02. The van der Waals surface area contributed by atoms with E-state index in [1.807, 2.05) is 12.4 Å². The monoisotopic (exact) mass is 251 g/mol. The fourth-order valence-electron chi connectivity index (χ4n) is 2.37. The molecule has 2 aromatic heterocycles. The molecule has 0 fully saturated rings. The Kier molecular flexibility index (Phi) is 3.05. The predicted molar refractivity (Wildman–Crippen MR) is 78.1 cm³/mol. The van der Waals surface area contributed by atoms with Gasteiger partial charge in [-0.1, -0.05) is 35.9 Å². The number of nitrogens with zero attached hydrogens (tertiary/aromatic N) is 2. The zero-order valence-electron chi connectivity index (χ0n) is 11.0. The molecule has 0 unspecified atom stereocenters. The summed E-state index contributed by atoms with van der Waals surface area (Å²) in [6, 6.07) is 12.8. The lowest BCUT2D eigenvalue weighted by molar-refractivity contribution is 0.863. The molecule has 96 valence electrons. The molecule has 0 aliphatic heterocycles. The molecule has 3 heteroatoms. The van der Waals surface area contributed by atoms with Gasteiger partial charge in [-0.05, 0) is 25.1 Å². The number of hydrogen-bond donors (Lipinski definition) is 1. The van der Waals surface area contributed by atoms with Gasteiger partial charge < -0.3 is 10.1 Å². The van der Waals surface area contributed by atoms with Crippen molar-refractivity contribution in [1.82, 2.24) is 9.38 Å². The van der Waals surface area contributed by atoms with E-state index in [9.17, 15) is 0 Å². The molecular formula is C16H17N3. The van der Waals surface area contributed by atoms with Crippen LogP contribution in [0.25, 0.3) is 16.6 Å². The van der Waals surface area contributed by atoms with Crippen molar-refractivity contribution < 1.29 is 0 Å². The van der Waals surface area contributed by atoms with Crippen LogP contribution in [0, 0.1) is 6.92 Å². The number of aryl methyl sites for hydroxylation is 1. The molecule has 0 amide bonds. The molecule has 2 N–H and O–H groups in total. The van der Waals surface area contributed by atoms with Crippen molar-refractivity contribution in [2.24, 2.45) is 5.73 Å². The number of aromatic nitrogens is 2. The van der Waals surface area contributed by atoms with Crippen molar-refractivity contribution in [1.29, 1.82) is 0 Å². The van der Waals surface area contributed by atoms with Crippen LogP contribution in [0.15, 0.2) is 48.8 Å². The van der Waals surface area contributed by atoms with Crippen LogP contribution >= 0.6 is 0 Å². The predicted octanol–water partition coefficient (Wildman–Crippen LogP) is 2.81. The lowest BCUT2D eigenvalue weighted by Gasteiger charge is -2.06. The minimum absolute atomic E-state index is 0.619. The number of fused-ring (bicyclic) bond motifs is 1. The molecule has 3 rings (SSSR count). The fourth-order valence-corrected chi connectivity index (χ4v) is 2.37. The second-order valence-electron chi connectivity index (χ2n) is 4.76. The van der Waals surface area contributed by atoms with E-state index < -0.39 is 0 Å². The molecule has 19 heavy (non-hydrogen) atoms. The van der Waals surface area contributed by atoms with Crippen molar-refractivity contribution >= 4 is 5.52 Å². The van der Waals surface area contributed by atoms with E-state index in [-0.39, 0.29) is 0 Å². The number of nitrogens with two attached hydrogens (primary N) is 1. The van der Waals surface area contributed by atoms with E-state index >= 15 is 0 Å². The van der Waals surface area contributed by atoms with Gasteiger partial charge in [0.2, 0.25) is 0 Å². The van der Waals surface area contributed by atoms with Gasteiger partial charge in [0, 0.05) is 18.2 Å². The van der Waals surface area contributed by atoms with Gasteiger partial charge in [-0.15, -0.1) is 0 Å². The van der Waals surface area contributed by atoms with Gasteiger partial charge in [0.15, 0.2) is 0 Å². The Morgan fingerprint density at radius 1 is 1.16 bits per heavy atom. The Balaban J connectivity index is 2.16. The summed E-state index contributed by atoms with van der Waals surface area (Å²) in [5.41, 5.74) is 10.5. The summed E-state index contributed by atoms with van der Waals surface area (Å²) in [4.78, 5) is 4.47. The maximum absolute atomic E-state index is 5.62. The van der Waals surface area contributed by atoms with Crippen LogP contribution in [-0.4, -0.2) is 15.9 Å². The van der Waals surface area contributed by atoms with Gasteiger partial charge in [-0.2, -0.15) is 0 Å². The number of benzene rings is 1. The van der Waals surface area contributed by atoms with Gasteiger partial charge in [0.25, 0.3) is 0 Å². The first-order chi connectivity index (χ1) is 9.29. The van der Waals surface area contributed by atoms with Crippen LogP contribution in [0.3, 0.4) is 0 Å². The fraction of sp³-hybridized carbons (Fsp3) is 0.188. The highest BCUT2D eigenvalue weighted by molar-refractivity contribution is 5.80. The largest absolute Gasteiger partial charge is 0.330 e. The van der Waals surface area contributed by atoms with E-state index in [0.29, 0.717) is 6.54 Å². The van der Waals surface area contributed by atoms with Crippen molar-refractivity contribution in [3.05, 3.63) is 60.2 Å². The van der Waals surface area contributed by atoms with Gasteiger partial charge in [0.05, 0.1) is 11.7 Å². The second kappa shape index (κ2) is 4.86. The van der Waals surface area contributed by atoms with E-state index in [0.717, 1.165) is 17.8 Å². The van der Waals surface area contributed by atoms with E-state index in [1.165, 1.54) is 16.7 Å². The standard InChI is InChI=1S/C16H17N3/c1-12-4-6-13(7-5-12)14-3-2-10-19-15(14)11-18-16(19)8-9-17/h2-7,10-11H,8-9,17H2,1H3. The quantitative estimate of drug-likeness (QED) is 0.778.